The van der Waals surface area contributed by atoms with Crippen LogP contribution in [0.5, 0.6) is 0 Å². The van der Waals surface area contributed by atoms with Crippen molar-refractivity contribution < 1.29 is 9.18 Å². The average molecular weight is 320 g/mol. The molecule has 0 aromatic heterocycles. The first kappa shape index (κ1) is 16.5. The first-order valence-electron chi connectivity index (χ1n) is 7.32. The predicted octanol–water partition coefficient (Wildman–Crippen LogP) is 4.33. The fraction of sp³-hybridized carbons (Fsp3) is 0.278. The third-order valence-electron chi connectivity index (χ3n) is 3.67. The second-order valence-electron chi connectivity index (χ2n) is 5.33. The molecule has 1 unspecified atom stereocenters. The first-order valence-corrected chi connectivity index (χ1v) is 7.70. The maximum Gasteiger partial charge on any atom is 0.224 e. The molecule has 1 atom stereocenters. The van der Waals surface area contributed by atoms with Crippen LogP contribution < -0.4 is 5.32 Å². The number of benzene rings is 2. The summed E-state index contributed by atoms with van der Waals surface area (Å²) in [5.41, 5.74) is 1.49. The van der Waals surface area contributed by atoms with E-state index in [9.17, 15) is 9.18 Å². The number of hydrogen-bond acceptors (Lipinski definition) is 1. The fourth-order valence-electron chi connectivity index (χ4n) is 2.30. The van der Waals surface area contributed by atoms with Crippen LogP contribution in [0, 0.1) is 5.82 Å². The highest BCUT2D eigenvalue weighted by Crippen LogP contribution is 2.20. The summed E-state index contributed by atoms with van der Waals surface area (Å²) in [4.78, 5) is 11.9. The van der Waals surface area contributed by atoms with E-state index in [1.54, 1.807) is 6.07 Å². The molecule has 0 fully saturated rings. The Morgan fingerprint density at radius 1 is 1.18 bits per heavy atom. The largest absolute Gasteiger partial charge is 0.356 e. The first-order chi connectivity index (χ1) is 10.6. The minimum Gasteiger partial charge on any atom is -0.356 e. The smallest absolute Gasteiger partial charge is 0.224 e. The van der Waals surface area contributed by atoms with E-state index in [1.807, 2.05) is 18.2 Å². The predicted molar refractivity (Wildman–Crippen MR) is 87.6 cm³/mol. The summed E-state index contributed by atoms with van der Waals surface area (Å²) in [5.74, 6) is -0.300. The summed E-state index contributed by atoms with van der Waals surface area (Å²) in [7, 11) is 0. The Bertz CT molecular complexity index is 610. The zero-order valence-electron chi connectivity index (χ0n) is 12.5. The molecule has 1 amide bonds. The van der Waals surface area contributed by atoms with Gasteiger partial charge in [0.1, 0.15) is 5.82 Å². The Labute approximate surface area is 135 Å². The molecule has 0 aliphatic rings. The van der Waals surface area contributed by atoms with Crippen molar-refractivity contribution in [1.29, 1.82) is 0 Å². The van der Waals surface area contributed by atoms with E-state index in [-0.39, 0.29) is 22.9 Å². The monoisotopic (exact) mass is 319 g/mol. The van der Waals surface area contributed by atoms with Crippen LogP contribution in [0.15, 0.2) is 48.5 Å². The lowest BCUT2D eigenvalue weighted by atomic mass is 9.98. The zero-order valence-corrected chi connectivity index (χ0v) is 13.2. The van der Waals surface area contributed by atoms with Crippen molar-refractivity contribution in [2.45, 2.75) is 25.7 Å². The molecule has 116 valence electrons. The number of carbonyl (C=O) groups excluding carboxylic acids is 1. The third kappa shape index (κ3) is 4.57. The second kappa shape index (κ2) is 7.95. The molecular weight excluding hydrogens is 301 g/mol. The van der Waals surface area contributed by atoms with Crippen LogP contribution >= 0.6 is 11.6 Å². The number of carbonyl (C=O) groups is 1. The summed E-state index contributed by atoms with van der Waals surface area (Å²) in [6, 6.07) is 14.6. The van der Waals surface area contributed by atoms with E-state index in [0.29, 0.717) is 12.5 Å². The van der Waals surface area contributed by atoms with Crippen molar-refractivity contribution >= 4 is 17.5 Å². The number of hydrogen-bond donors (Lipinski definition) is 1. The van der Waals surface area contributed by atoms with Crippen molar-refractivity contribution in [2.75, 3.05) is 6.54 Å². The highest BCUT2D eigenvalue weighted by Gasteiger charge is 2.12. The molecule has 0 saturated heterocycles. The third-order valence-corrected chi connectivity index (χ3v) is 4.02. The molecule has 2 nitrogen and oxygen atoms in total. The van der Waals surface area contributed by atoms with Crippen LogP contribution in [0.1, 0.15) is 30.4 Å². The molecule has 1 N–H and O–H groups in total. The van der Waals surface area contributed by atoms with E-state index in [4.69, 9.17) is 11.6 Å². The van der Waals surface area contributed by atoms with Crippen LogP contribution in [0.2, 0.25) is 5.02 Å². The Morgan fingerprint density at radius 3 is 2.59 bits per heavy atom. The van der Waals surface area contributed by atoms with E-state index in [1.165, 1.54) is 17.7 Å². The van der Waals surface area contributed by atoms with Gasteiger partial charge in [0.25, 0.3) is 0 Å². The van der Waals surface area contributed by atoms with Crippen LogP contribution in [-0.2, 0) is 11.2 Å². The highest BCUT2D eigenvalue weighted by molar-refractivity contribution is 6.31. The average Bonchev–Trinajstić information content (AvgIpc) is 2.52. The van der Waals surface area contributed by atoms with Gasteiger partial charge < -0.3 is 5.32 Å². The zero-order chi connectivity index (χ0) is 15.9. The summed E-state index contributed by atoms with van der Waals surface area (Å²) in [6.07, 6.45) is 0.798. The van der Waals surface area contributed by atoms with Gasteiger partial charge in [0.15, 0.2) is 0 Å². The lowest BCUT2D eigenvalue weighted by molar-refractivity contribution is -0.120. The minimum atomic E-state index is -0.444. The molecule has 0 bridgehead atoms. The van der Waals surface area contributed by atoms with Crippen molar-refractivity contribution in [3.63, 3.8) is 0 Å². The van der Waals surface area contributed by atoms with Gasteiger partial charge in [-0.25, -0.2) is 4.39 Å². The molecule has 2 aromatic carbocycles. The Morgan fingerprint density at radius 2 is 1.91 bits per heavy atom. The summed E-state index contributed by atoms with van der Waals surface area (Å²) >= 11 is 5.92. The lowest BCUT2D eigenvalue weighted by Gasteiger charge is -2.13. The topological polar surface area (TPSA) is 29.1 Å². The van der Waals surface area contributed by atoms with Crippen LogP contribution in [0.4, 0.5) is 4.39 Å². The molecule has 0 aliphatic heterocycles. The van der Waals surface area contributed by atoms with Crippen molar-refractivity contribution in [1.82, 2.24) is 5.32 Å². The Balaban J connectivity index is 1.81. The van der Waals surface area contributed by atoms with Crippen LogP contribution in [0.25, 0.3) is 0 Å². The van der Waals surface area contributed by atoms with E-state index in [0.717, 1.165) is 6.42 Å². The molecule has 0 heterocycles. The number of amides is 1. The number of nitrogens with one attached hydrogen (secondary N) is 1. The van der Waals surface area contributed by atoms with Gasteiger partial charge in [0.2, 0.25) is 5.91 Å². The second-order valence-corrected chi connectivity index (χ2v) is 5.73. The molecule has 2 aromatic rings. The Kier molecular flexibility index (Phi) is 5.96. The molecule has 22 heavy (non-hydrogen) atoms. The van der Waals surface area contributed by atoms with Gasteiger partial charge in [-0.2, -0.15) is 0 Å². The van der Waals surface area contributed by atoms with Gasteiger partial charge in [-0.3, -0.25) is 4.79 Å². The van der Waals surface area contributed by atoms with Crippen LogP contribution in [0.3, 0.4) is 0 Å². The van der Waals surface area contributed by atoms with Gasteiger partial charge in [-0.05, 0) is 30.0 Å². The quantitative estimate of drug-likeness (QED) is 0.843. The molecular formula is C18H19ClFNO. The van der Waals surface area contributed by atoms with E-state index < -0.39 is 5.82 Å². The van der Waals surface area contributed by atoms with Gasteiger partial charge in [0.05, 0.1) is 6.42 Å². The maximum atomic E-state index is 13.6. The molecule has 0 radical (unpaired) electrons. The van der Waals surface area contributed by atoms with E-state index >= 15 is 0 Å². The summed E-state index contributed by atoms with van der Waals surface area (Å²) in [5, 5.41) is 3.11. The van der Waals surface area contributed by atoms with Crippen molar-refractivity contribution in [3.8, 4) is 0 Å². The summed E-state index contributed by atoms with van der Waals surface area (Å²) < 4.78 is 13.6. The highest BCUT2D eigenvalue weighted by atomic mass is 35.5. The minimum absolute atomic E-state index is 0.0365. The molecule has 0 spiro atoms. The van der Waals surface area contributed by atoms with Gasteiger partial charge in [0, 0.05) is 17.1 Å². The molecule has 4 heteroatoms. The number of halogens is 2. The van der Waals surface area contributed by atoms with Gasteiger partial charge in [-0.15, -0.1) is 0 Å². The summed E-state index contributed by atoms with van der Waals surface area (Å²) in [6.45, 7) is 2.68. The maximum absolute atomic E-state index is 13.6. The van der Waals surface area contributed by atoms with Gasteiger partial charge in [-0.1, -0.05) is 54.9 Å². The molecule has 0 saturated carbocycles. The SMILES string of the molecule is CC(CCNC(=O)Cc1c(F)cccc1Cl)c1ccccc1. The van der Waals surface area contributed by atoms with Gasteiger partial charge >= 0.3 is 0 Å². The standard InChI is InChI=1S/C18H19ClFNO/c1-13(14-6-3-2-4-7-14)10-11-21-18(22)12-15-16(19)8-5-9-17(15)20/h2-9,13H,10-12H2,1H3,(H,21,22). The normalized spacial score (nSPS) is 12.0. The Hall–Kier alpha value is -1.87. The van der Waals surface area contributed by atoms with E-state index in [2.05, 4.69) is 24.4 Å². The number of rotatable bonds is 6. The van der Waals surface area contributed by atoms with Crippen molar-refractivity contribution in [3.05, 3.63) is 70.5 Å². The molecule has 2 rings (SSSR count). The lowest BCUT2D eigenvalue weighted by Crippen LogP contribution is -2.27. The molecule has 0 aliphatic carbocycles. The fourth-order valence-corrected chi connectivity index (χ4v) is 2.53. The van der Waals surface area contributed by atoms with Crippen molar-refractivity contribution in [2.24, 2.45) is 0 Å². The van der Waals surface area contributed by atoms with Crippen LogP contribution in [-0.4, -0.2) is 12.5 Å².